The average molecular weight is 377 g/mol. The summed E-state index contributed by atoms with van der Waals surface area (Å²) >= 11 is 6.91. The molecule has 0 saturated carbocycles. The summed E-state index contributed by atoms with van der Waals surface area (Å²) in [6.07, 6.45) is 2.14. The first-order valence-corrected chi connectivity index (χ1v) is 7.79. The number of hydrogen-bond acceptors (Lipinski definition) is 2. The highest BCUT2D eigenvalue weighted by molar-refractivity contribution is 9.10. The SMILES string of the molecule is COc1ccc(Br)c(C(=O)N2CCCC2CBr)c1. The molecule has 0 N–H and O–H groups in total. The Labute approximate surface area is 124 Å². The summed E-state index contributed by atoms with van der Waals surface area (Å²) in [6, 6.07) is 5.78. The fourth-order valence-corrected chi connectivity index (χ4v) is 3.30. The highest BCUT2D eigenvalue weighted by atomic mass is 79.9. The molecule has 5 heteroatoms. The zero-order valence-corrected chi connectivity index (χ0v) is 13.3. The van der Waals surface area contributed by atoms with Crippen LogP contribution < -0.4 is 4.74 Å². The Kier molecular flexibility index (Phi) is 4.67. The molecule has 1 aromatic carbocycles. The largest absolute Gasteiger partial charge is 0.497 e. The number of ether oxygens (including phenoxy) is 1. The molecule has 3 nitrogen and oxygen atoms in total. The summed E-state index contributed by atoms with van der Waals surface area (Å²) < 4.78 is 5.99. The van der Waals surface area contributed by atoms with Gasteiger partial charge in [-0.15, -0.1) is 0 Å². The van der Waals surface area contributed by atoms with Crippen molar-refractivity contribution in [1.82, 2.24) is 4.90 Å². The first-order valence-electron chi connectivity index (χ1n) is 5.88. The zero-order chi connectivity index (χ0) is 13.1. The Morgan fingerprint density at radius 3 is 3.00 bits per heavy atom. The van der Waals surface area contributed by atoms with Crippen molar-refractivity contribution in [3.63, 3.8) is 0 Å². The first-order chi connectivity index (χ1) is 8.67. The third-order valence-electron chi connectivity index (χ3n) is 3.22. The van der Waals surface area contributed by atoms with E-state index in [1.165, 1.54) is 0 Å². The lowest BCUT2D eigenvalue weighted by Gasteiger charge is -2.23. The molecule has 1 heterocycles. The van der Waals surface area contributed by atoms with E-state index in [0.717, 1.165) is 29.2 Å². The van der Waals surface area contributed by atoms with Crippen molar-refractivity contribution in [2.75, 3.05) is 19.0 Å². The standard InChI is InChI=1S/C13H15Br2NO2/c1-18-10-4-5-12(15)11(7-10)13(17)16-6-2-3-9(16)8-14/h4-5,7,9H,2-3,6,8H2,1H3. The quantitative estimate of drug-likeness (QED) is 0.756. The van der Waals surface area contributed by atoms with Gasteiger partial charge in [0.15, 0.2) is 0 Å². The molecule has 0 aliphatic carbocycles. The Morgan fingerprint density at radius 2 is 2.33 bits per heavy atom. The molecule has 98 valence electrons. The normalized spacial score (nSPS) is 19.1. The molecule has 1 amide bonds. The van der Waals surface area contributed by atoms with Gasteiger partial charge in [-0.05, 0) is 47.0 Å². The maximum Gasteiger partial charge on any atom is 0.255 e. The van der Waals surface area contributed by atoms with Crippen molar-refractivity contribution in [1.29, 1.82) is 0 Å². The number of amides is 1. The van der Waals surface area contributed by atoms with E-state index in [-0.39, 0.29) is 5.91 Å². The zero-order valence-electron chi connectivity index (χ0n) is 10.2. The van der Waals surface area contributed by atoms with E-state index in [1.807, 2.05) is 17.0 Å². The van der Waals surface area contributed by atoms with Gasteiger partial charge in [-0.2, -0.15) is 0 Å². The van der Waals surface area contributed by atoms with E-state index in [0.29, 0.717) is 17.4 Å². The molecular formula is C13H15Br2NO2. The molecule has 1 saturated heterocycles. The molecule has 2 rings (SSSR count). The summed E-state index contributed by atoms with van der Waals surface area (Å²) in [6.45, 7) is 0.832. The predicted molar refractivity (Wildman–Crippen MR) is 78.5 cm³/mol. The van der Waals surface area contributed by atoms with Crippen LogP contribution in [0.4, 0.5) is 0 Å². The van der Waals surface area contributed by atoms with E-state index in [9.17, 15) is 4.79 Å². The number of carbonyl (C=O) groups excluding carboxylic acids is 1. The molecule has 0 spiro atoms. The van der Waals surface area contributed by atoms with Crippen molar-refractivity contribution in [3.05, 3.63) is 28.2 Å². The van der Waals surface area contributed by atoms with E-state index in [1.54, 1.807) is 13.2 Å². The van der Waals surface area contributed by atoms with Crippen LogP contribution in [0.1, 0.15) is 23.2 Å². The van der Waals surface area contributed by atoms with Gasteiger partial charge in [-0.3, -0.25) is 4.79 Å². The van der Waals surface area contributed by atoms with Crippen LogP contribution in [-0.4, -0.2) is 35.8 Å². The van der Waals surface area contributed by atoms with Crippen LogP contribution in [0.5, 0.6) is 5.75 Å². The van der Waals surface area contributed by atoms with E-state index >= 15 is 0 Å². The second-order valence-corrected chi connectivity index (χ2v) is 5.80. The van der Waals surface area contributed by atoms with Gasteiger partial charge < -0.3 is 9.64 Å². The molecule has 0 radical (unpaired) electrons. The molecule has 1 aliphatic heterocycles. The molecule has 0 bridgehead atoms. The highest BCUT2D eigenvalue weighted by Crippen LogP contribution is 2.27. The molecule has 1 aromatic rings. The van der Waals surface area contributed by atoms with Gasteiger partial charge in [0.25, 0.3) is 5.91 Å². The Morgan fingerprint density at radius 1 is 1.56 bits per heavy atom. The number of halogens is 2. The average Bonchev–Trinajstić information content (AvgIpc) is 2.86. The van der Waals surface area contributed by atoms with Gasteiger partial charge in [0.2, 0.25) is 0 Å². The van der Waals surface area contributed by atoms with Crippen molar-refractivity contribution in [2.45, 2.75) is 18.9 Å². The van der Waals surface area contributed by atoms with E-state index in [4.69, 9.17) is 4.74 Å². The fourth-order valence-electron chi connectivity index (χ4n) is 2.21. The summed E-state index contributed by atoms with van der Waals surface area (Å²) in [7, 11) is 1.61. The lowest BCUT2D eigenvalue weighted by atomic mass is 10.1. The van der Waals surface area contributed by atoms with Crippen LogP contribution in [0.2, 0.25) is 0 Å². The van der Waals surface area contributed by atoms with Crippen molar-refractivity contribution in [2.24, 2.45) is 0 Å². The summed E-state index contributed by atoms with van der Waals surface area (Å²) in [5, 5.41) is 0.834. The van der Waals surface area contributed by atoms with Gasteiger partial charge in [-0.1, -0.05) is 15.9 Å². The number of nitrogens with zero attached hydrogens (tertiary/aromatic N) is 1. The van der Waals surface area contributed by atoms with Gasteiger partial charge in [-0.25, -0.2) is 0 Å². The number of methoxy groups -OCH3 is 1. The summed E-state index contributed by atoms with van der Waals surface area (Å²) in [5.41, 5.74) is 0.669. The maximum atomic E-state index is 12.5. The number of likely N-dealkylation sites (tertiary alicyclic amines) is 1. The van der Waals surface area contributed by atoms with Crippen LogP contribution in [0.15, 0.2) is 22.7 Å². The number of carbonyl (C=O) groups is 1. The Bertz CT molecular complexity index is 451. The molecule has 1 atom stereocenters. The second kappa shape index (κ2) is 6.06. The lowest BCUT2D eigenvalue weighted by Crippen LogP contribution is -2.36. The van der Waals surface area contributed by atoms with Crippen LogP contribution in [0, 0.1) is 0 Å². The molecule has 18 heavy (non-hydrogen) atoms. The molecule has 0 aromatic heterocycles. The number of hydrogen-bond donors (Lipinski definition) is 0. The maximum absolute atomic E-state index is 12.5. The first kappa shape index (κ1) is 13.9. The van der Waals surface area contributed by atoms with Gasteiger partial charge in [0, 0.05) is 22.4 Å². The fraction of sp³-hybridized carbons (Fsp3) is 0.462. The third-order valence-corrected chi connectivity index (χ3v) is 4.66. The smallest absolute Gasteiger partial charge is 0.255 e. The number of benzene rings is 1. The lowest BCUT2D eigenvalue weighted by molar-refractivity contribution is 0.0749. The van der Waals surface area contributed by atoms with E-state index in [2.05, 4.69) is 31.9 Å². The van der Waals surface area contributed by atoms with Crippen LogP contribution >= 0.6 is 31.9 Å². The Hall–Kier alpha value is -0.550. The predicted octanol–water partition coefficient (Wildman–Crippen LogP) is 3.46. The third kappa shape index (κ3) is 2.72. The minimum atomic E-state index is 0.0720. The van der Waals surface area contributed by atoms with Gasteiger partial charge in [0.05, 0.1) is 12.7 Å². The number of rotatable bonds is 3. The van der Waals surface area contributed by atoms with E-state index < -0.39 is 0 Å². The molecule has 1 unspecified atom stereocenters. The molecule has 1 aliphatic rings. The minimum Gasteiger partial charge on any atom is -0.497 e. The Balaban J connectivity index is 2.27. The van der Waals surface area contributed by atoms with Crippen LogP contribution in [-0.2, 0) is 0 Å². The summed E-state index contributed by atoms with van der Waals surface area (Å²) in [4.78, 5) is 14.5. The van der Waals surface area contributed by atoms with Gasteiger partial charge in [0.1, 0.15) is 5.75 Å². The highest BCUT2D eigenvalue weighted by Gasteiger charge is 2.29. The van der Waals surface area contributed by atoms with Crippen molar-refractivity contribution >= 4 is 37.8 Å². The molecule has 1 fully saturated rings. The van der Waals surface area contributed by atoms with Crippen LogP contribution in [0.3, 0.4) is 0 Å². The summed E-state index contributed by atoms with van der Waals surface area (Å²) in [5.74, 6) is 0.777. The minimum absolute atomic E-state index is 0.0720. The van der Waals surface area contributed by atoms with Crippen LogP contribution in [0.25, 0.3) is 0 Å². The molecular weight excluding hydrogens is 362 g/mol. The second-order valence-electron chi connectivity index (χ2n) is 4.29. The monoisotopic (exact) mass is 375 g/mol. The van der Waals surface area contributed by atoms with Crippen molar-refractivity contribution < 1.29 is 9.53 Å². The number of alkyl halides is 1. The van der Waals surface area contributed by atoms with Gasteiger partial charge >= 0.3 is 0 Å². The van der Waals surface area contributed by atoms with Crippen molar-refractivity contribution in [3.8, 4) is 5.75 Å². The topological polar surface area (TPSA) is 29.5 Å².